The number of carbonyl (C=O) groups is 1. The molecule has 2 aliphatic carbocycles. The van der Waals surface area contributed by atoms with Gasteiger partial charge in [-0.2, -0.15) is 0 Å². The van der Waals surface area contributed by atoms with Gasteiger partial charge in [0.1, 0.15) is 0 Å². The molecule has 24 heavy (non-hydrogen) atoms. The number of fused-ring (bicyclic) bond motifs is 2. The molecule has 1 spiro atoms. The third-order valence-electron chi connectivity index (χ3n) is 7.54. The van der Waals surface area contributed by atoms with Gasteiger partial charge in [-0.3, -0.25) is 4.79 Å². The molecule has 1 saturated carbocycles. The molecule has 1 heterocycles. The van der Waals surface area contributed by atoms with Gasteiger partial charge in [-0.25, -0.2) is 0 Å². The van der Waals surface area contributed by atoms with Crippen LogP contribution in [0.4, 0.5) is 0 Å². The Morgan fingerprint density at radius 2 is 1.92 bits per heavy atom. The minimum atomic E-state index is -0.821. The topological polar surface area (TPSA) is 66.8 Å². The molecule has 0 amide bonds. The van der Waals surface area contributed by atoms with Crippen molar-refractivity contribution < 1.29 is 19.7 Å². The minimum Gasteiger partial charge on any atom is -0.481 e. The van der Waals surface area contributed by atoms with Crippen molar-refractivity contribution >= 4 is 5.97 Å². The average molecular weight is 336 g/mol. The lowest BCUT2D eigenvalue weighted by atomic mass is 9.45. The van der Waals surface area contributed by atoms with Gasteiger partial charge in [0.2, 0.25) is 0 Å². The smallest absolute Gasteiger partial charge is 0.306 e. The van der Waals surface area contributed by atoms with Gasteiger partial charge in [-0.05, 0) is 62.9 Å². The van der Waals surface area contributed by atoms with E-state index in [1.807, 2.05) is 6.92 Å². The first-order chi connectivity index (χ1) is 11.0. The van der Waals surface area contributed by atoms with E-state index in [-0.39, 0.29) is 17.3 Å². The molecule has 0 aromatic heterocycles. The summed E-state index contributed by atoms with van der Waals surface area (Å²) in [7, 11) is 0. The number of allylic oxidation sites excluding steroid dienone is 1. The number of hydrogen-bond donors (Lipinski definition) is 2. The van der Waals surface area contributed by atoms with Gasteiger partial charge in [0, 0.05) is 5.41 Å². The van der Waals surface area contributed by atoms with Crippen LogP contribution in [0, 0.1) is 16.7 Å². The van der Waals surface area contributed by atoms with E-state index in [9.17, 15) is 15.0 Å². The van der Waals surface area contributed by atoms with E-state index in [1.54, 1.807) is 0 Å². The second-order valence-corrected chi connectivity index (χ2v) is 9.45. The van der Waals surface area contributed by atoms with Gasteiger partial charge < -0.3 is 14.9 Å². The average Bonchev–Trinajstić information content (AvgIpc) is 2.79. The van der Waals surface area contributed by atoms with Crippen LogP contribution in [0.15, 0.2) is 11.6 Å². The van der Waals surface area contributed by atoms with Crippen LogP contribution in [-0.4, -0.2) is 33.5 Å². The molecule has 4 heteroatoms. The van der Waals surface area contributed by atoms with Crippen molar-refractivity contribution in [2.45, 2.75) is 90.4 Å². The van der Waals surface area contributed by atoms with Crippen LogP contribution in [0.1, 0.15) is 73.1 Å². The van der Waals surface area contributed by atoms with Crippen LogP contribution in [0.2, 0.25) is 0 Å². The van der Waals surface area contributed by atoms with Crippen LogP contribution in [0.3, 0.4) is 0 Å². The molecule has 0 aromatic rings. The Balaban J connectivity index is 2.07. The van der Waals surface area contributed by atoms with Crippen LogP contribution >= 0.6 is 0 Å². The fourth-order valence-electron chi connectivity index (χ4n) is 6.09. The molecule has 0 bridgehead atoms. The van der Waals surface area contributed by atoms with Gasteiger partial charge in [0.25, 0.3) is 0 Å². The van der Waals surface area contributed by atoms with Crippen molar-refractivity contribution in [3.8, 4) is 0 Å². The third-order valence-corrected chi connectivity index (χ3v) is 7.54. The van der Waals surface area contributed by atoms with E-state index < -0.39 is 23.3 Å². The van der Waals surface area contributed by atoms with E-state index >= 15 is 0 Å². The van der Waals surface area contributed by atoms with Gasteiger partial charge in [-0.1, -0.05) is 26.8 Å². The Labute approximate surface area is 145 Å². The Morgan fingerprint density at radius 1 is 1.25 bits per heavy atom. The number of aliphatic carboxylic acids is 1. The first kappa shape index (κ1) is 17.9. The SMILES string of the molecule is CC1=CC[C@H]2C(C)(C)CC[C@H](O)[C@]2(C)[C@@]12CC[C@@](C)(CC(=O)O)O2. The lowest BCUT2D eigenvalue weighted by Crippen LogP contribution is -2.65. The first-order valence-electron chi connectivity index (χ1n) is 9.24. The van der Waals surface area contributed by atoms with Crippen molar-refractivity contribution in [1.29, 1.82) is 0 Å². The third kappa shape index (κ3) is 2.29. The fraction of sp³-hybridized carbons (Fsp3) is 0.850. The maximum Gasteiger partial charge on any atom is 0.306 e. The fourth-order valence-corrected chi connectivity index (χ4v) is 6.09. The zero-order valence-electron chi connectivity index (χ0n) is 15.7. The maximum atomic E-state index is 11.3. The van der Waals surface area contributed by atoms with E-state index in [2.05, 4.69) is 33.8 Å². The minimum absolute atomic E-state index is 0.0161. The van der Waals surface area contributed by atoms with Gasteiger partial charge >= 0.3 is 5.97 Å². The highest BCUT2D eigenvalue weighted by Gasteiger charge is 2.67. The lowest BCUT2D eigenvalue weighted by Gasteiger charge is -2.63. The van der Waals surface area contributed by atoms with Crippen LogP contribution < -0.4 is 0 Å². The number of aliphatic hydroxyl groups excluding tert-OH is 1. The summed E-state index contributed by atoms with van der Waals surface area (Å²) in [6.45, 7) is 10.8. The highest BCUT2D eigenvalue weighted by atomic mass is 16.5. The van der Waals surface area contributed by atoms with Crippen LogP contribution in [0.5, 0.6) is 0 Å². The quantitative estimate of drug-likeness (QED) is 0.750. The van der Waals surface area contributed by atoms with Crippen LogP contribution in [0.25, 0.3) is 0 Å². The normalized spacial score (nSPS) is 47.3. The largest absolute Gasteiger partial charge is 0.481 e. The van der Waals surface area contributed by atoms with Gasteiger partial charge in [-0.15, -0.1) is 0 Å². The second kappa shape index (κ2) is 5.31. The Hall–Kier alpha value is -0.870. The molecule has 136 valence electrons. The van der Waals surface area contributed by atoms with Crippen molar-refractivity contribution in [2.24, 2.45) is 16.7 Å². The molecule has 5 atom stereocenters. The summed E-state index contributed by atoms with van der Waals surface area (Å²) in [5.74, 6) is -0.483. The van der Waals surface area contributed by atoms with E-state index in [1.165, 1.54) is 5.57 Å². The first-order valence-corrected chi connectivity index (χ1v) is 9.24. The standard InChI is InChI=1S/C20H32O4/c1-13-6-7-14-17(2,3)9-8-15(21)19(14,5)20(13)11-10-18(4,24-20)12-16(22)23/h6,14-15,21H,7-12H2,1-5H3,(H,22,23)/t14-,15-,18-,19+,20+/m0/s1. The second-order valence-electron chi connectivity index (χ2n) is 9.45. The van der Waals surface area contributed by atoms with Crippen molar-refractivity contribution in [1.82, 2.24) is 0 Å². The highest BCUT2D eigenvalue weighted by molar-refractivity contribution is 5.68. The Morgan fingerprint density at radius 3 is 2.54 bits per heavy atom. The van der Waals surface area contributed by atoms with Crippen molar-refractivity contribution in [3.05, 3.63) is 11.6 Å². The molecule has 3 rings (SSSR count). The summed E-state index contributed by atoms with van der Waals surface area (Å²) < 4.78 is 6.63. The zero-order valence-corrected chi connectivity index (χ0v) is 15.7. The molecule has 2 N–H and O–H groups in total. The molecule has 0 radical (unpaired) electrons. The van der Waals surface area contributed by atoms with Gasteiger partial charge in [0.15, 0.2) is 0 Å². The summed E-state index contributed by atoms with van der Waals surface area (Å²) in [5.41, 5.74) is -0.256. The Kier molecular flexibility index (Phi) is 3.97. The maximum absolute atomic E-state index is 11.3. The zero-order chi connectivity index (χ0) is 18.0. The summed E-state index contributed by atoms with van der Waals surface area (Å²) >= 11 is 0. The molecular weight excluding hydrogens is 304 g/mol. The van der Waals surface area contributed by atoms with Gasteiger partial charge in [0.05, 0.1) is 23.7 Å². The van der Waals surface area contributed by atoms with Crippen molar-refractivity contribution in [2.75, 3.05) is 0 Å². The molecule has 4 nitrogen and oxygen atoms in total. The molecule has 0 aromatic carbocycles. The molecular formula is C20H32O4. The van der Waals surface area contributed by atoms with E-state index in [0.29, 0.717) is 5.92 Å². The molecule has 1 saturated heterocycles. The van der Waals surface area contributed by atoms with Crippen molar-refractivity contribution in [3.63, 3.8) is 0 Å². The molecule has 3 aliphatic rings. The highest BCUT2D eigenvalue weighted by Crippen LogP contribution is 2.66. The summed E-state index contributed by atoms with van der Waals surface area (Å²) in [6.07, 6.45) is 6.16. The summed E-state index contributed by atoms with van der Waals surface area (Å²) in [4.78, 5) is 11.3. The number of carboxylic acid groups (broad SMARTS) is 1. The van der Waals surface area contributed by atoms with Crippen LogP contribution in [-0.2, 0) is 9.53 Å². The number of hydrogen-bond acceptors (Lipinski definition) is 3. The monoisotopic (exact) mass is 336 g/mol. The van der Waals surface area contributed by atoms with E-state index in [4.69, 9.17) is 4.74 Å². The number of rotatable bonds is 2. The lowest BCUT2D eigenvalue weighted by molar-refractivity contribution is -0.229. The molecule has 0 unspecified atom stereocenters. The predicted octanol–water partition coefficient (Wildman–Crippen LogP) is 3.92. The number of aliphatic hydroxyl groups is 1. The summed E-state index contributed by atoms with van der Waals surface area (Å²) in [6, 6.07) is 0. The molecule has 1 aliphatic heterocycles. The number of carboxylic acids is 1. The number of ether oxygens (including phenoxy) is 1. The Bertz CT molecular complexity index is 580. The predicted molar refractivity (Wildman–Crippen MR) is 92.7 cm³/mol. The summed E-state index contributed by atoms with van der Waals surface area (Å²) in [5, 5.41) is 20.3. The molecule has 2 fully saturated rings. The van der Waals surface area contributed by atoms with E-state index in [0.717, 1.165) is 32.1 Å².